The summed E-state index contributed by atoms with van der Waals surface area (Å²) in [6.45, 7) is 2.13. The van der Waals surface area contributed by atoms with E-state index in [2.05, 4.69) is 35.6 Å². The second-order valence-electron chi connectivity index (χ2n) is 8.11. The Morgan fingerprint density at radius 2 is 1.89 bits per heavy atom. The van der Waals surface area contributed by atoms with E-state index in [9.17, 15) is 18.0 Å². The summed E-state index contributed by atoms with van der Waals surface area (Å²) in [4.78, 5) is 26.8. The van der Waals surface area contributed by atoms with Gasteiger partial charge in [0.25, 0.3) is 0 Å². The van der Waals surface area contributed by atoms with Crippen LogP contribution in [0.25, 0.3) is 17.0 Å². The molecule has 0 bridgehead atoms. The van der Waals surface area contributed by atoms with Crippen molar-refractivity contribution in [1.82, 2.24) is 29.5 Å². The lowest BCUT2D eigenvalue weighted by Crippen LogP contribution is -2.31. The second-order valence-corrected chi connectivity index (χ2v) is 8.11. The van der Waals surface area contributed by atoms with E-state index in [1.165, 1.54) is 16.6 Å². The normalized spacial score (nSPS) is 14.4. The maximum atomic E-state index is 13.1. The second kappa shape index (κ2) is 9.29. The molecular weight excluding hydrogens is 461 g/mol. The number of fused-ring (bicyclic) bond motifs is 1. The van der Waals surface area contributed by atoms with E-state index < -0.39 is 11.9 Å². The summed E-state index contributed by atoms with van der Waals surface area (Å²) in [7, 11) is 0. The van der Waals surface area contributed by atoms with Crippen molar-refractivity contribution in [3.8, 4) is 11.5 Å². The lowest BCUT2D eigenvalue weighted by molar-refractivity contribution is -0.141. The summed E-state index contributed by atoms with van der Waals surface area (Å²) in [6, 6.07) is 10.4. The van der Waals surface area contributed by atoms with Crippen molar-refractivity contribution in [2.24, 2.45) is 0 Å². The van der Waals surface area contributed by atoms with Gasteiger partial charge in [0.05, 0.1) is 6.54 Å². The molecule has 180 valence electrons. The molecule has 5 heterocycles. The summed E-state index contributed by atoms with van der Waals surface area (Å²) in [6.07, 6.45) is 0.808. The van der Waals surface area contributed by atoms with Gasteiger partial charge in [-0.05, 0) is 56.3 Å². The van der Waals surface area contributed by atoms with E-state index in [-0.39, 0.29) is 17.4 Å². The minimum Gasteiger partial charge on any atom is -0.338 e. The monoisotopic (exact) mass is 482 g/mol. The van der Waals surface area contributed by atoms with Crippen LogP contribution in [0.5, 0.6) is 0 Å². The Morgan fingerprint density at radius 1 is 1.06 bits per heavy atom. The van der Waals surface area contributed by atoms with Crippen LogP contribution >= 0.6 is 0 Å². The van der Waals surface area contributed by atoms with Gasteiger partial charge in [0.1, 0.15) is 22.7 Å². The van der Waals surface area contributed by atoms with Gasteiger partial charge in [0.15, 0.2) is 5.82 Å². The standard InChI is InChI=1S/C23H21F3N8O/c24-23(25,26)18-7-3-5-16(29-18)21-31-22(17-6-4-12-34(17)32-21)28-15-8-9-27-19(13-15)30-20(35)14-33-10-1-2-11-33/h3-9,12-13H,1-2,10-11,14H2,(H2,27,28,30,31,32,35). The van der Waals surface area contributed by atoms with Crippen LogP contribution in [0.2, 0.25) is 0 Å². The van der Waals surface area contributed by atoms with Crippen LogP contribution in [0, 0.1) is 0 Å². The molecule has 0 saturated carbocycles. The van der Waals surface area contributed by atoms with Gasteiger partial charge in [-0.3, -0.25) is 9.69 Å². The van der Waals surface area contributed by atoms with Crippen LogP contribution in [0.4, 0.5) is 30.5 Å². The Bertz CT molecular complexity index is 1360. The Labute approximate surface area is 198 Å². The number of anilines is 3. The number of aromatic nitrogens is 5. The van der Waals surface area contributed by atoms with Crippen LogP contribution in [-0.2, 0) is 11.0 Å². The molecule has 0 atom stereocenters. The molecule has 5 rings (SSSR count). The molecule has 4 aromatic rings. The van der Waals surface area contributed by atoms with Crippen molar-refractivity contribution in [1.29, 1.82) is 0 Å². The molecule has 1 amide bonds. The van der Waals surface area contributed by atoms with Crippen LogP contribution in [0.3, 0.4) is 0 Å². The Hall–Kier alpha value is -4.06. The van der Waals surface area contributed by atoms with Crippen molar-refractivity contribution in [3.63, 3.8) is 0 Å². The summed E-state index contributed by atoms with van der Waals surface area (Å²) >= 11 is 0. The minimum absolute atomic E-state index is 0.0110. The van der Waals surface area contributed by atoms with Crippen LogP contribution in [0.1, 0.15) is 18.5 Å². The zero-order valence-corrected chi connectivity index (χ0v) is 18.5. The number of hydrogen-bond acceptors (Lipinski definition) is 7. The predicted octanol–water partition coefficient (Wildman–Crippen LogP) is 3.98. The SMILES string of the molecule is O=C(CN1CCCC1)Nc1cc(Nc2nc(-c3cccc(C(F)(F)F)n3)nn3cccc23)ccn1. The number of nitrogens with zero attached hydrogens (tertiary/aromatic N) is 6. The van der Waals surface area contributed by atoms with Gasteiger partial charge in [-0.1, -0.05) is 6.07 Å². The third-order valence-corrected chi connectivity index (χ3v) is 5.52. The molecule has 0 radical (unpaired) electrons. The first-order chi connectivity index (χ1) is 16.8. The summed E-state index contributed by atoms with van der Waals surface area (Å²) in [5, 5.41) is 10.2. The predicted molar refractivity (Wildman–Crippen MR) is 123 cm³/mol. The van der Waals surface area contributed by atoms with E-state index >= 15 is 0 Å². The van der Waals surface area contributed by atoms with Crippen molar-refractivity contribution < 1.29 is 18.0 Å². The van der Waals surface area contributed by atoms with Gasteiger partial charge in [-0.15, -0.1) is 5.10 Å². The highest BCUT2D eigenvalue weighted by Crippen LogP contribution is 2.29. The Morgan fingerprint density at radius 3 is 2.69 bits per heavy atom. The Balaban J connectivity index is 1.40. The fourth-order valence-electron chi connectivity index (χ4n) is 3.89. The maximum Gasteiger partial charge on any atom is 0.433 e. The van der Waals surface area contributed by atoms with E-state index in [0.717, 1.165) is 32.0 Å². The molecule has 35 heavy (non-hydrogen) atoms. The number of likely N-dealkylation sites (tertiary alicyclic amines) is 1. The number of hydrogen-bond donors (Lipinski definition) is 2. The molecular formula is C23H21F3N8O. The number of carbonyl (C=O) groups is 1. The summed E-state index contributed by atoms with van der Waals surface area (Å²) < 4.78 is 40.9. The molecule has 12 heteroatoms. The third kappa shape index (κ3) is 5.22. The van der Waals surface area contributed by atoms with E-state index in [1.54, 1.807) is 36.7 Å². The van der Waals surface area contributed by atoms with E-state index in [1.807, 2.05) is 0 Å². The van der Waals surface area contributed by atoms with Crippen LogP contribution < -0.4 is 10.6 Å². The van der Waals surface area contributed by atoms with E-state index in [0.29, 0.717) is 29.4 Å². The van der Waals surface area contributed by atoms with Crippen molar-refractivity contribution >= 4 is 28.7 Å². The lowest BCUT2D eigenvalue weighted by Gasteiger charge is -2.14. The highest BCUT2D eigenvalue weighted by Gasteiger charge is 2.32. The molecule has 4 aromatic heterocycles. The smallest absolute Gasteiger partial charge is 0.338 e. The zero-order chi connectivity index (χ0) is 24.4. The zero-order valence-electron chi connectivity index (χ0n) is 18.5. The van der Waals surface area contributed by atoms with Gasteiger partial charge in [0, 0.05) is 24.1 Å². The largest absolute Gasteiger partial charge is 0.433 e. The first-order valence-corrected chi connectivity index (χ1v) is 11.0. The number of carbonyl (C=O) groups excluding carboxylic acids is 1. The first-order valence-electron chi connectivity index (χ1n) is 11.0. The number of halogens is 3. The van der Waals surface area contributed by atoms with E-state index in [4.69, 9.17) is 0 Å². The third-order valence-electron chi connectivity index (χ3n) is 5.52. The van der Waals surface area contributed by atoms with Crippen LogP contribution in [0.15, 0.2) is 54.9 Å². The summed E-state index contributed by atoms with van der Waals surface area (Å²) in [5.41, 5.74) is 0.158. The van der Waals surface area contributed by atoms with Gasteiger partial charge in [-0.2, -0.15) is 13.2 Å². The number of amides is 1. The highest BCUT2D eigenvalue weighted by atomic mass is 19.4. The molecule has 0 aromatic carbocycles. The maximum absolute atomic E-state index is 13.1. The fraction of sp³-hybridized carbons (Fsp3) is 0.261. The minimum atomic E-state index is -4.58. The first kappa shape index (κ1) is 22.7. The topological polar surface area (TPSA) is 100 Å². The fourth-order valence-corrected chi connectivity index (χ4v) is 3.89. The van der Waals surface area contributed by atoms with Crippen LogP contribution in [-0.4, -0.2) is 55.0 Å². The quantitative estimate of drug-likeness (QED) is 0.429. The highest BCUT2D eigenvalue weighted by molar-refractivity contribution is 5.92. The molecule has 1 saturated heterocycles. The van der Waals surface area contributed by atoms with Gasteiger partial charge < -0.3 is 10.6 Å². The van der Waals surface area contributed by atoms with Crippen molar-refractivity contribution in [2.75, 3.05) is 30.3 Å². The molecule has 0 aliphatic carbocycles. The molecule has 1 aliphatic rings. The number of nitrogens with one attached hydrogen (secondary N) is 2. The number of rotatable bonds is 6. The van der Waals surface area contributed by atoms with Crippen molar-refractivity contribution in [2.45, 2.75) is 19.0 Å². The molecule has 1 aliphatic heterocycles. The number of alkyl halides is 3. The molecule has 1 fully saturated rings. The molecule has 2 N–H and O–H groups in total. The summed E-state index contributed by atoms with van der Waals surface area (Å²) in [5.74, 6) is 0.611. The number of pyridine rings is 2. The average molecular weight is 482 g/mol. The molecule has 0 spiro atoms. The molecule has 9 nitrogen and oxygen atoms in total. The lowest BCUT2D eigenvalue weighted by atomic mass is 10.3. The van der Waals surface area contributed by atoms with Gasteiger partial charge in [-0.25, -0.2) is 19.5 Å². The van der Waals surface area contributed by atoms with Gasteiger partial charge >= 0.3 is 6.18 Å². The van der Waals surface area contributed by atoms with Gasteiger partial charge in [0.2, 0.25) is 11.7 Å². The Kier molecular flexibility index (Phi) is 6.03. The van der Waals surface area contributed by atoms with Crippen molar-refractivity contribution in [3.05, 3.63) is 60.6 Å². The average Bonchev–Trinajstić information content (AvgIpc) is 3.51. The molecule has 0 unspecified atom stereocenters.